The summed E-state index contributed by atoms with van der Waals surface area (Å²) in [5, 5.41) is 1.17. The highest BCUT2D eigenvalue weighted by molar-refractivity contribution is 9.09. The maximum absolute atomic E-state index is 3.81. The van der Waals surface area contributed by atoms with E-state index in [-0.39, 0.29) is 0 Å². The molecule has 0 spiro atoms. The average molecular weight is 206 g/mol. The minimum atomic E-state index is 1.11. The molecule has 0 saturated heterocycles. The Hall–Kier alpha value is 0.480. The lowest BCUT2D eigenvalue weighted by Gasteiger charge is -1.97. The van der Waals surface area contributed by atoms with Gasteiger partial charge in [-0.3, -0.25) is 0 Å². The summed E-state index contributed by atoms with van der Waals surface area (Å²) in [7, 11) is 0. The van der Waals surface area contributed by atoms with E-state index in [2.05, 4.69) is 22.9 Å². The van der Waals surface area contributed by atoms with Gasteiger partial charge >= 0.3 is 0 Å². The number of hydrogen-bond acceptors (Lipinski definition) is 0. The predicted octanol–water partition coefficient (Wildman–Crippen LogP) is 3.95. The molecule has 0 fully saturated rings. The molecular formula is C9H18Br. The molecule has 0 aromatic rings. The van der Waals surface area contributed by atoms with Crippen LogP contribution in [0.15, 0.2) is 0 Å². The third kappa shape index (κ3) is 8.48. The van der Waals surface area contributed by atoms with Crippen molar-refractivity contribution in [3.8, 4) is 0 Å². The maximum atomic E-state index is 3.81. The van der Waals surface area contributed by atoms with Gasteiger partial charge in [0.2, 0.25) is 0 Å². The molecular weight excluding hydrogens is 188 g/mol. The first-order chi connectivity index (χ1) is 4.91. The summed E-state index contributed by atoms with van der Waals surface area (Å²) in [6.07, 6.45) is 9.35. The molecule has 0 atom stereocenters. The normalized spacial score (nSPS) is 10.2. The summed E-state index contributed by atoms with van der Waals surface area (Å²) < 4.78 is 0. The Balaban J connectivity index is 2.65. The van der Waals surface area contributed by atoms with Gasteiger partial charge in [-0.1, -0.05) is 61.4 Å². The van der Waals surface area contributed by atoms with Gasteiger partial charge in [0, 0.05) is 5.33 Å². The monoisotopic (exact) mass is 205 g/mol. The van der Waals surface area contributed by atoms with Crippen LogP contribution in [0.4, 0.5) is 0 Å². The van der Waals surface area contributed by atoms with E-state index >= 15 is 0 Å². The first-order valence-electron chi connectivity index (χ1n) is 4.27. The second-order valence-corrected chi connectivity index (χ2v) is 3.46. The molecule has 0 aromatic heterocycles. The molecule has 0 aliphatic rings. The summed E-state index contributed by atoms with van der Waals surface area (Å²) in [4.78, 5) is 0. The van der Waals surface area contributed by atoms with Crippen LogP contribution < -0.4 is 0 Å². The molecule has 61 valence electrons. The smallest absolute Gasteiger partial charge is 0.00313 e. The summed E-state index contributed by atoms with van der Waals surface area (Å²) in [5.74, 6) is 0. The third-order valence-corrected chi connectivity index (χ3v) is 2.19. The van der Waals surface area contributed by atoms with Crippen molar-refractivity contribution in [2.45, 2.75) is 44.9 Å². The van der Waals surface area contributed by atoms with Crippen molar-refractivity contribution in [3.05, 3.63) is 6.92 Å². The van der Waals surface area contributed by atoms with Crippen LogP contribution in [0.3, 0.4) is 0 Å². The summed E-state index contributed by atoms with van der Waals surface area (Å²) in [6, 6.07) is 0. The fraction of sp³-hybridized carbons (Fsp3) is 0.889. The maximum Gasteiger partial charge on any atom is 0.00313 e. The Kier molecular flexibility index (Phi) is 9.94. The number of hydrogen-bond donors (Lipinski definition) is 0. The summed E-state index contributed by atoms with van der Waals surface area (Å²) >= 11 is 3.42. The number of halogens is 1. The van der Waals surface area contributed by atoms with Crippen molar-refractivity contribution >= 4 is 15.9 Å². The molecule has 0 saturated carbocycles. The highest BCUT2D eigenvalue weighted by atomic mass is 79.9. The Bertz CT molecular complexity index is 44.7. The Morgan fingerprint density at radius 3 is 1.80 bits per heavy atom. The van der Waals surface area contributed by atoms with Crippen molar-refractivity contribution < 1.29 is 0 Å². The first kappa shape index (κ1) is 10.5. The first-order valence-corrected chi connectivity index (χ1v) is 5.39. The van der Waals surface area contributed by atoms with Crippen LogP contribution in [0.1, 0.15) is 44.9 Å². The zero-order valence-electron chi connectivity index (χ0n) is 6.74. The van der Waals surface area contributed by atoms with Gasteiger partial charge in [0.25, 0.3) is 0 Å². The largest absolute Gasteiger partial charge is 0.0928 e. The fourth-order valence-corrected chi connectivity index (χ4v) is 1.37. The lowest BCUT2D eigenvalue weighted by atomic mass is 10.1. The number of rotatable bonds is 7. The zero-order valence-corrected chi connectivity index (χ0v) is 8.33. The molecule has 10 heavy (non-hydrogen) atoms. The SMILES string of the molecule is [CH2]CCCCCCCCBr. The second kappa shape index (κ2) is 9.48. The van der Waals surface area contributed by atoms with Gasteiger partial charge in [-0.05, 0) is 6.42 Å². The van der Waals surface area contributed by atoms with Gasteiger partial charge < -0.3 is 0 Å². The van der Waals surface area contributed by atoms with Gasteiger partial charge in [0.15, 0.2) is 0 Å². The third-order valence-electron chi connectivity index (χ3n) is 1.63. The molecule has 1 heteroatoms. The van der Waals surface area contributed by atoms with E-state index in [1.807, 2.05) is 0 Å². The van der Waals surface area contributed by atoms with Crippen LogP contribution >= 0.6 is 15.9 Å². The van der Waals surface area contributed by atoms with Crippen molar-refractivity contribution in [1.29, 1.82) is 0 Å². The van der Waals surface area contributed by atoms with Gasteiger partial charge in [-0.25, -0.2) is 0 Å². The van der Waals surface area contributed by atoms with Gasteiger partial charge in [0.05, 0.1) is 0 Å². The predicted molar refractivity (Wildman–Crippen MR) is 51.5 cm³/mol. The van der Waals surface area contributed by atoms with E-state index in [0.717, 1.165) is 6.42 Å². The van der Waals surface area contributed by atoms with Crippen molar-refractivity contribution in [1.82, 2.24) is 0 Å². The fourth-order valence-electron chi connectivity index (χ4n) is 0.978. The molecule has 0 bridgehead atoms. The highest BCUT2D eigenvalue weighted by Crippen LogP contribution is 2.07. The second-order valence-electron chi connectivity index (χ2n) is 2.66. The molecule has 0 rings (SSSR count). The molecule has 1 radical (unpaired) electrons. The van der Waals surface area contributed by atoms with Gasteiger partial charge in [-0.15, -0.1) is 0 Å². The van der Waals surface area contributed by atoms with Crippen LogP contribution in [0.5, 0.6) is 0 Å². The molecule has 0 unspecified atom stereocenters. The Morgan fingerprint density at radius 1 is 0.800 bits per heavy atom. The Labute approximate surface area is 73.5 Å². The summed E-state index contributed by atoms with van der Waals surface area (Å²) in [5.41, 5.74) is 0. The van der Waals surface area contributed by atoms with Crippen molar-refractivity contribution in [2.75, 3.05) is 5.33 Å². The quantitative estimate of drug-likeness (QED) is 0.437. The van der Waals surface area contributed by atoms with E-state index < -0.39 is 0 Å². The lowest BCUT2D eigenvalue weighted by Crippen LogP contribution is -1.79. The van der Waals surface area contributed by atoms with E-state index in [0.29, 0.717) is 0 Å². The summed E-state index contributed by atoms with van der Waals surface area (Å²) in [6.45, 7) is 3.81. The van der Waals surface area contributed by atoms with E-state index in [9.17, 15) is 0 Å². The minimum Gasteiger partial charge on any atom is -0.0928 e. The van der Waals surface area contributed by atoms with Crippen molar-refractivity contribution in [3.63, 3.8) is 0 Å². The van der Waals surface area contributed by atoms with E-state index in [1.54, 1.807) is 0 Å². The lowest BCUT2D eigenvalue weighted by molar-refractivity contribution is 0.613. The molecule has 0 N–H and O–H groups in total. The number of unbranched alkanes of at least 4 members (excludes halogenated alkanes) is 6. The van der Waals surface area contributed by atoms with Crippen molar-refractivity contribution in [2.24, 2.45) is 0 Å². The van der Waals surface area contributed by atoms with Crippen LogP contribution in [0.2, 0.25) is 0 Å². The van der Waals surface area contributed by atoms with Gasteiger partial charge in [0.1, 0.15) is 0 Å². The molecule has 0 aromatic carbocycles. The van der Waals surface area contributed by atoms with Crippen LogP contribution in [-0.4, -0.2) is 5.33 Å². The molecule has 0 aliphatic heterocycles. The molecule has 0 heterocycles. The minimum absolute atomic E-state index is 1.11. The average Bonchev–Trinajstić information content (AvgIpc) is 1.97. The van der Waals surface area contributed by atoms with Gasteiger partial charge in [-0.2, -0.15) is 0 Å². The van der Waals surface area contributed by atoms with Crippen LogP contribution in [0, 0.1) is 6.92 Å². The number of alkyl halides is 1. The molecule has 0 aliphatic carbocycles. The standard InChI is InChI=1S/C9H18Br/c1-2-3-4-5-6-7-8-9-10/h1-9H2. The topological polar surface area (TPSA) is 0 Å². The van der Waals surface area contributed by atoms with Crippen LogP contribution in [0.25, 0.3) is 0 Å². The highest BCUT2D eigenvalue weighted by Gasteiger charge is 1.88. The zero-order chi connectivity index (χ0) is 7.66. The van der Waals surface area contributed by atoms with Crippen LogP contribution in [-0.2, 0) is 0 Å². The Morgan fingerprint density at radius 2 is 1.30 bits per heavy atom. The molecule has 0 amide bonds. The van der Waals surface area contributed by atoms with E-state index in [1.165, 1.54) is 43.9 Å². The molecule has 0 nitrogen and oxygen atoms in total. The van der Waals surface area contributed by atoms with E-state index in [4.69, 9.17) is 0 Å².